The van der Waals surface area contributed by atoms with Crippen molar-refractivity contribution in [2.24, 2.45) is 0 Å². The van der Waals surface area contributed by atoms with Crippen LogP contribution in [-0.4, -0.2) is 105 Å². The number of methoxy groups -OCH3 is 1. The van der Waals surface area contributed by atoms with Crippen molar-refractivity contribution >= 4 is 158 Å². The average molecular weight is 1780 g/mol. The standard InChI is InChI=1S/C27H24N4O2S.C26H23N5OS.C23H18N4OS.C22H23ClN6OS/c1-16(10-22-26-24(8-9-29-22)34-15-30-26)23-12-17-4-3-5-21(18-11-20(33-2)14-28-13-18)25(17)27(32)31(23)19-6-7-19;1-15(11-20-25-22(9-10-28-20)33-14-30-25)21-12-16-3-2-4-19(17-5-8-23(27)29-13-17)24(16)26(32)31(21)18-6-7-18;1-15(26-22-21-20(11-12-24-22)29-14-25-21)19-13-16-7-5-6-10-18(16)23(28)27(19)17-8-3-2-4-9-17;1-14(27-20-19-21(25-12-24-20)31-13-26-19)17-11-15-5-4-6-16(23)18(15)22(30)29(17)10-9-28-7-2-3-8-28/h3-5,8-9,11-16,19H,6-7,10H2,1-2H3;2-5,8-10,12-15,18H,6-7,11H2,1H3,(H2,27,29);2-15H,1H3,(H,24,26);4-6,11-14H,2-3,7-10H2,1H3,(H,24,25,27)/t16-;2*15-;14-/m1100/s1. The van der Waals surface area contributed by atoms with Crippen LogP contribution in [0, 0.1) is 0 Å². The van der Waals surface area contributed by atoms with Crippen LogP contribution >= 0.6 is 56.9 Å². The molecule has 636 valence electrons. The van der Waals surface area contributed by atoms with Crippen molar-refractivity contribution < 1.29 is 4.74 Å². The molecule has 3 aliphatic rings. The molecule has 0 spiro atoms. The van der Waals surface area contributed by atoms with Gasteiger partial charge in [0.25, 0.3) is 22.2 Å². The highest BCUT2D eigenvalue weighted by atomic mass is 35.5. The zero-order chi connectivity index (χ0) is 86.9. The van der Waals surface area contributed by atoms with Crippen LogP contribution in [-0.2, 0) is 19.4 Å². The summed E-state index contributed by atoms with van der Waals surface area (Å²) in [5, 5.41) is 13.8. The van der Waals surface area contributed by atoms with Crippen LogP contribution in [0.25, 0.3) is 112 Å². The van der Waals surface area contributed by atoms with Crippen molar-refractivity contribution in [3.8, 4) is 33.7 Å². The van der Waals surface area contributed by atoms with Gasteiger partial charge in [0.05, 0.1) is 94.1 Å². The summed E-state index contributed by atoms with van der Waals surface area (Å²) in [5.74, 6) is 2.78. The Morgan fingerprint density at radius 1 is 0.472 bits per heavy atom. The Morgan fingerprint density at radius 3 is 1.63 bits per heavy atom. The monoisotopic (exact) mass is 1770 g/mol. The largest absolute Gasteiger partial charge is 0.495 e. The second-order valence-electron chi connectivity index (χ2n) is 32.4. The maximum Gasteiger partial charge on any atom is 0.263 e. The molecule has 0 amide bonds. The van der Waals surface area contributed by atoms with E-state index in [1.807, 2.05) is 190 Å². The molecule has 0 unspecified atom stereocenters. The van der Waals surface area contributed by atoms with Gasteiger partial charge in [-0.3, -0.25) is 38.7 Å². The smallest absolute Gasteiger partial charge is 0.263 e. The molecule has 15 heterocycles. The molecular weight excluding hydrogens is 1690 g/mol. The van der Waals surface area contributed by atoms with E-state index in [1.54, 1.807) is 88.1 Å². The van der Waals surface area contributed by atoms with E-state index in [0.29, 0.717) is 39.7 Å². The molecule has 0 bridgehead atoms. The highest BCUT2D eigenvalue weighted by Crippen LogP contribution is 2.42. The number of halogens is 1. The number of nitrogens with one attached hydrogen (secondary N) is 2. The number of fused-ring (bicyclic) bond motifs is 8. The minimum Gasteiger partial charge on any atom is -0.495 e. The first kappa shape index (κ1) is 83.3. The Kier molecular flexibility index (Phi) is 23.9. The lowest BCUT2D eigenvalue weighted by Gasteiger charge is -2.23. The van der Waals surface area contributed by atoms with Gasteiger partial charge in [0, 0.05) is 113 Å². The maximum atomic E-state index is 14.0. The number of anilines is 3. The highest BCUT2D eigenvalue weighted by molar-refractivity contribution is 7.17. The molecule has 1 aliphatic heterocycles. The summed E-state index contributed by atoms with van der Waals surface area (Å²) < 4.78 is 16.4. The summed E-state index contributed by atoms with van der Waals surface area (Å²) >= 11 is 12.7. The SMILES string of the molecule is COc1cncc(-c2cccc3cc([C@H](C)Cc4nccc5scnc45)n(C4CC4)c(=O)c23)c1.C[C@H](Cc1nccc2scnc12)c1cc2cccc(-c3ccc(N)nc3)c2c(=O)n1C1CC1.C[C@H](Nc1nccc2scnc12)c1cc2ccccc2c(=O)n1-c1ccccc1.C[C@H](Nc1ncnc2scnc12)c1cc2cccc(Cl)c2c(=O)n1CCN1CCCC1. The van der Waals surface area contributed by atoms with Gasteiger partial charge in [-0.25, -0.2) is 39.9 Å². The number of hydrogen-bond acceptors (Lipinski definition) is 24. The van der Waals surface area contributed by atoms with Gasteiger partial charge in [0.15, 0.2) is 11.6 Å². The number of benzene rings is 5. The fraction of sp³-hybridized carbons (Fsp3) is 0.235. The van der Waals surface area contributed by atoms with Crippen LogP contribution in [0.2, 0.25) is 5.02 Å². The van der Waals surface area contributed by atoms with E-state index < -0.39 is 0 Å². The lowest BCUT2D eigenvalue weighted by molar-refractivity contribution is 0.318. The predicted molar refractivity (Wildman–Crippen MR) is 515 cm³/mol. The number of aromatic nitrogens is 15. The van der Waals surface area contributed by atoms with Crippen molar-refractivity contribution in [3.63, 3.8) is 0 Å². The number of thiazole rings is 4. The first-order chi connectivity index (χ1) is 62.1. The second kappa shape index (κ2) is 36.4. The Balaban J connectivity index is 0.000000111. The number of nitrogens with two attached hydrogens (primary N) is 1. The zero-order valence-electron chi connectivity index (χ0n) is 70.3. The zero-order valence-corrected chi connectivity index (χ0v) is 74.3. The Hall–Kier alpha value is -13.2. The number of nitrogen functional groups attached to an aromatic ring is 1. The Morgan fingerprint density at radius 2 is 1.01 bits per heavy atom. The average Bonchev–Trinajstić information content (AvgIpc) is 1.60. The molecule has 22 rings (SSSR count). The summed E-state index contributed by atoms with van der Waals surface area (Å²) in [4.78, 5) is 107. The Bertz CT molecular complexity index is 7590. The molecule has 4 atom stereocenters. The van der Waals surface area contributed by atoms with Crippen LogP contribution < -0.4 is 43.3 Å². The summed E-state index contributed by atoms with van der Waals surface area (Å²) in [6, 6.07) is 55.4. The third-order valence-electron chi connectivity index (χ3n) is 24.0. The van der Waals surface area contributed by atoms with Crippen LogP contribution in [0.5, 0.6) is 5.75 Å². The van der Waals surface area contributed by atoms with Crippen LogP contribution in [0.4, 0.5) is 17.5 Å². The van der Waals surface area contributed by atoms with E-state index in [1.165, 1.54) is 30.5 Å². The molecule has 3 fully saturated rings. The molecule has 2 saturated carbocycles. The fourth-order valence-corrected chi connectivity index (χ4v) is 20.3. The number of hydrogen-bond donors (Lipinski definition) is 3. The van der Waals surface area contributed by atoms with Gasteiger partial charge < -0.3 is 39.7 Å². The number of para-hydroxylation sites is 1. The molecule has 19 aromatic rings. The molecule has 2 aliphatic carbocycles. The van der Waals surface area contributed by atoms with E-state index in [0.717, 1.165) is 199 Å². The van der Waals surface area contributed by atoms with E-state index in [9.17, 15) is 19.2 Å². The van der Waals surface area contributed by atoms with Crippen molar-refractivity contribution in [1.82, 2.24) is 78.0 Å². The molecular formula is C98H88ClN19O5S4. The number of rotatable bonds is 21. The van der Waals surface area contributed by atoms with Gasteiger partial charge in [0.1, 0.15) is 44.8 Å². The quantitative estimate of drug-likeness (QED) is 0.0602. The summed E-state index contributed by atoms with van der Waals surface area (Å²) in [7, 11) is 1.62. The normalized spacial score (nSPS) is 14.3. The summed E-state index contributed by atoms with van der Waals surface area (Å²) in [6.07, 6.45) is 20.3. The van der Waals surface area contributed by atoms with E-state index >= 15 is 0 Å². The van der Waals surface area contributed by atoms with Gasteiger partial charge in [-0.1, -0.05) is 110 Å². The van der Waals surface area contributed by atoms with E-state index in [-0.39, 0.29) is 58.2 Å². The third kappa shape index (κ3) is 17.2. The van der Waals surface area contributed by atoms with E-state index in [2.05, 4.69) is 108 Å². The van der Waals surface area contributed by atoms with Crippen LogP contribution in [0.15, 0.2) is 255 Å². The van der Waals surface area contributed by atoms with Gasteiger partial charge in [-0.05, 0) is 196 Å². The van der Waals surface area contributed by atoms with Crippen molar-refractivity contribution in [2.75, 3.05) is 43.1 Å². The number of nitrogens with zero attached hydrogens (tertiary/aromatic N) is 16. The molecule has 24 nitrogen and oxygen atoms in total. The van der Waals surface area contributed by atoms with E-state index in [4.69, 9.17) is 22.1 Å². The molecule has 29 heteroatoms. The van der Waals surface area contributed by atoms with Gasteiger partial charge >= 0.3 is 0 Å². The second-order valence-corrected chi connectivity index (χ2v) is 36.3. The van der Waals surface area contributed by atoms with Crippen molar-refractivity contribution in [2.45, 2.75) is 122 Å². The molecule has 4 N–H and O–H groups in total. The lowest BCUT2D eigenvalue weighted by atomic mass is 9.95. The van der Waals surface area contributed by atoms with Gasteiger partial charge in [0.2, 0.25) is 0 Å². The molecule has 14 aromatic heterocycles. The molecule has 0 radical (unpaired) electrons. The highest BCUT2D eigenvalue weighted by Gasteiger charge is 2.33. The maximum absolute atomic E-state index is 14.0. The fourth-order valence-electron chi connectivity index (χ4n) is 17.4. The van der Waals surface area contributed by atoms with Crippen molar-refractivity contribution in [3.05, 3.63) is 316 Å². The van der Waals surface area contributed by atoms with Crippen molar-refractivity contribution in [1.29, 1.82) is 0 Å². The minimum absolute atomic E-state index is 0.0298. The lowest BCUT2D eigenvalue weighted by Crippen LogP contribution is -2.32. The van der Waals surface area contributed by atoms with Crippen LogP contribution in [0.3, 0.4) is 0 Å². The third-order valence-corrected chi connectivity index (χ3v) is 27.4. The predicted octanol–water partition coefficient (Wildman–Crippen LogP) is 20.6. The first-order valence-corrected chi connectivity index (χ1v) is 46.4. The number of pyridine rings is 9. The summed E-state index contributed by atoms with van der Waals surface area (Å²) in [5.41, 5.74) is 26.9. The first-order valence-electron chi connectivity index (χ1n) is 42.5. The number of likely N-dealkylation sites (tertiary alicyclic amines) is 1. The van der Waals surface area contributed by atoms with Crippen LogP contribution in [0.1, 0.15) is 136 Å². The topological polar surface area (TPSA) is 292 Å². The molecule has 5 aromatic carbocycles. The summed E-state index contributed by atoms with van der Waals surface area (Å²) in [6.45, 7) is 12.1. The Labute approximate surface area is 750 Å². The molecule has 127 heavy (non-hydrogen) atoms. The van der Waals surface area contributed by atoms with Gasteiger partial charge in [-0.15, -0.1) is 45.3 Å². The molecule has 1 saturated heterocycles. The minimum atomic E-state index is -0.160. The van der Waals surface area contributed by atoms with Gasteiger partial charge in [-0.2, -0.15) is 0 Å². The number of ether oxygens (including phenoxy) is 1.